The molecule has 45 heavy (non-hydrogen) atoms. The standard InChI is InChI=1S/C33H32Cl2N2O6S2/c1-45(40,41)43-19-5-18-42-25-11-8-22(9-12-25)27-21-29(44-30(27)26-13-10-24(34)20-28(26)35)31(38)37-16-14-33(15-17-37,32(36)39)23-6-3-2-4-7-23/h2-4,6-13,20-21H,5,14-19H2,1H3,(H2,36,39). The van der Waals surface area contributed by atoms with Gasteiger partial charge in [-0.3, -0.25) is 13.8 Å². The maximum Gasteiger partial charge on any atom is 0.264 e. The maximum absolute atomic E-state index is 13.9. The summed E-state index contributed by atoms with van der Waals surface area (Å²) in [5.41, 5.74) is 8.40. The Morgan fingerprint density at radius 1 is 0.933 bits per heavy atom. The van der Waals surface area contributed by atoms with Gasteiger partial charge in [-0.15, -0.1) is 11.3 Å². The number of ether oxygens (including phenoxy) is 1. The van der Waals surface area contributed by atoms with Crippen molar-refractivity contribution in [1.29, 1.82) is 0 Å². The van der Waals surface area contributed by atoms with Gasteiger partial charge in [-0.05, 0) is 54.3 Å². The Balaban J connectivity index is 1.37. The van der Waals surface area contributed by atoms with Crippen molar-refractivity contribution in [2.45, 2.75) is 24.7 Å². The van der Waals surface area contributed by atoms with Gasteiger partial charge in [-0.25, -0.2) is 0 Å². The molecule has 0 radical (unpaired) electrons. The molecule has 0 atom stereocenters. The van der Waals surface area contributed by atoms with E-state index in [1.165, 1.54) is 11.3 Å². The van der Waals surface area contributed by atoms with Crippen LogP contribution in [0.2, 0.25) is 10.0 Å². The van der Waals surface area contributed by atoms with Crippen LogP contribution in [0.15, 0.2) is 78.9 Å². The van der Waals surface area contributed by atoms with Gasteiger partial charge >= 0.3 is 0 Å². The van der Waals surface area contributed by atoms with E-state index in [1.54, 1.807) is 17.0 Å². The molecule has 2 heterocycles. The van der Waals surface area contributed by atoms with Gasteiger partial charge in [0.25, 0.3) is 16.0 Å². The Bertz CT molecular complexity index is 1790. The van der Waals surface area contributed by atoms with Crippen LogP contribution in [0.3, 0.4) is 0 Å². The summed E-state index contributed by atoms with van der Waals surface area (Å²) in [5, 5.41) is 0.971. The van der Waals surface area contributed by atoms with Crippen LogP contribution in [0.4, 0.5) is 0 Å². The zero-order valence-corrected chi connectivity index (χ0v) is 27.6. The van der Waals surface area contributed by atoms with E-state index in [2.05, 4.69) is 0 Å². The third kappa shape index (κ3) is 7.70. The van der Waals surface area contributed by atoms with Crippen LogP contribution in [-0.4, -0.2) is 57.7 Å². The highest BCUT2D eigenvalue weighted by molar-refractivity contribution is 7.85. The molecule has 2 N–H and O–H groups in total. The number of thiophene rings is 1. The lowest BCUT2D eigenvalue weighted by Crippen LogP contribution is -2.51. The Morgan fingerprint density at radius 3 is 2.24 bits per heavy atom. The molecule has 1 aliphatic rings. The average molecular weight is 688 g/mol. The summed E-state index contributed by atoms with van der Waals surface area (Å²) in [6.45, 7) is 1.11. The van der Waals surface area contributed by atoms with Crippen molar-refractivity contribution in [2.75, 3.05) is 32.6 Å². The van der Waals surface area contributed by atoms with Gasteiger partial charge < -0.3 is 15.4 Å². The van der Waals surface area contributed by atoms with E-state index in [9.17, 15) is 18.0 Å². The Kier molecular flexibility index (Phi) is 10.2. The molecule has 1 aromatic heterocycles. The number of rotatable bonds is 11. The number of likely N-dealkylation sites (tertiary alicyclic amines) is 1. The van der Waals surface area contributed by atoms with Crippen LogP contribution < -0.4 is 10.5 Å². The lowest BCUT2D eigenvalue weighted by molar-refractivity contribution is -0.125. The molecule has 1 fully saturated rings. The average Bonchev–Trinajstić information content (AvgIpc) is 3.46. The van der Waals surface area contributed by atoms with Crippen LogP contribution in [0.1, 0.15) is 34.5 Å². The second kappa shape index (κ2) is 13.9. The number of piperidine rings is 1. The van der Waals surface area contributed by atoms with Crippen molar-refractivity contribution in [3.8, 4) is 27.3 Å². The zero-order chi connectivity index (χ0) is 32.2. The molecule has 2 amide bonds. The molecule has 0 saturated carbocycles. The Labute approximate surface area is 276 Å². The third-order valence-electron chi connectivity index (χ3n) is 7.84. The number of carbonyl (C=O) groups is 2. The number of hydrogen-bond donors (Lipinski definition) is 1. The highest BCUT2D eigenvalue weighted by Gasteiger charge is 2.42. The molecule has 236 valence electrons. The molecule has 0 bridgehead atoms. The normalized spacial score (nSPS) is 14.7. The van der Waals surface area contributed by atoms with Gasteiger partial charge in [0.15, 0.2) is 0 Å². The number of nitrogens with two attached hydrogens (primary N) is 1. The fourth-order valence-electron chi connectivity index (χ4n) is 5.46. The first-order valence-electron chi connectivity index (χ1n) is 14.3. The molecule has 1 aliphatic heterocycles. The van der Waals surface area contributed by atoms with Gasteiger partial charge in [-0.2, -0.15) is 8.42 Å². The van der Waals surface area contributed by atoms with Crippen LogP contribution in [0.5, 0.6) is 5.75 Å². The SMILES string of the molecule is CS(=O)(=O)OCCCOc1ccc(-c2cc(C(=O)N3CCC(C(N)=O)(c4ccccc4)CC3)sc2-c2ccc(Cl)cc2Cl)cc1. The predicted octanol–water partition coefficient (Wildman–Crippen LogP) is 6.79. The summed E-state index contributed by atoms with van der Waals surface area (Å²) in [7, 11) is -3.49. The molecule has 0 aliphatic carbocycles. The molecular formula is C33H32Cl2N2O6S2. The summed E-state index contributed by atoms with van der Waals surface area (Å²) in [6, 6.07) is 24.1. The van der Waals surface area contributed by atoms with E-state index in [0.717, 1.165) is 33.4 Å². The molecule has 0 spiro atoms. The van der Waals surface area contributed by atoms with Gasteiger partial charge in [0, 0.05) is 40.5 Å². The third-order valence-corrected chi connectivity index (χ3v) is 10.1. The van der Waals surface area contributed by atoms with E-state index in [-0.39, 0.29) is 25.0 Å². The van der Waals surface area contributed by atoms with Crippen molar-refractivity contribution in [2.24, 2.45) is 5.73 Å². The lowest BCUT2D eigenvalue weighted by Gasteiger charge is -2.40. The number of carbonyl (C=O) groups excluding carboxylic acids is 2. The van der Waals surface area contributed by atoms with Gasteiger partial charge in [0.1, 0.15) is 5.75 Å². The van der Waals surface area contributed by atoms with E-state index in [0.29, 0.717) is 53.0 Å². The van der Waals surface area contributed by atoms with Crippen LogP contribution in [0.25, 0.3) is 21.6 Å². The van der Waals surface area contributed by atoms with Crippen molar-refractivity contribution in [3.05, 3.63) is 99.3 Å². The molecular weight excluding hydrogens is 655 g/mol. The van der Waals surface area contributed by atoms with Gasteiger partial charge in [0.2, 0.25) is 5.91 Å². The van der Waals surface area contributed by atoms with Crippen LogP contribution in [-0.2, 0) is 24.5 Å². The summed E-state index contributed by atoms with van der Waals surface area (Å²) < 4.78 is 32.7. The van der Waals surface area contributed by atoms with Crippen LogP contribution >= 0.6 is 34.5 Å². The number of halogens is 2. The first kappa shape index (κ1) is 33.0. The molecule has 4 aromatic rings. The summed E-state index contributed by atoms with van der Waals surface area (Å²) >= 11 is 14.2. The largest absolute Gasteiger partial charge is 0.494 e. The van der Waals surface area contributed by atoms with Crippen molar-refractivity contribution in [1.82, 2.24) is 4.90 Å². The predicted molar refractivity (Wildman–Crippen MR) is 179 cm³/mol. The van der Waals surface area contributed by atoms with E-state index in [1.807, 2.05) is 66.7 Å². The van der Waals surface area contributed by atoms with Crippen molar-refractivity contribution >= 4 is 56.5 Å². The monoisotopic (exact) mass is 686 g/mol. The fraction of sp³-hybridized carbons (Fsp3) is 0.273. The molecule has 3 aromatic carbocycles. The Hall–Kier alpha value is -3.41. The van der Waals surface area contributed by atoms with E-state index in [4.69, 9.17) is 37.9 Å². The zero-order valence-electron chi connectivity index (χ0n) is 24.5. The number of amides is 2. The molecule has 12 heteroatoms. The van der Waals surface area contributed by atoms with Crippen molar-refractivity contribution in [3.63, 3.8) is 0 Å². The molecule has 1 saturated heterocycles. The minimum Gasteiger partial charge on any atom is -0.494 e. The Morgan fingerprint density at radius 2 is 1.62 bits per heavy atom. The molecule has 0 unspecified atom stereocenters. The number of hydrogen-bond acceptors (Lipinski definition) is 7. The van der Waals surface area contributed by atoms with Crippen molar-refractivity contribution < 1.29 is 26.9 Å². The first-order valence-corrected chi connectivity index (χ1v) is 17.7. The minimum atomic E-state index is -3.49. The number of nitrogens with zero attached hydrogens (tertiary/aromatic N) is 1. The van der Waals surface area contributed by atoms with E-state index < -0.39 is 15.5 Å². The van der Waals surface area contributed by atoms with Gasteiger partial charge in [-0.1, -0.05) is 71.7 Å². The van der Waals surface area contributed by atoms with E-state index >= 15 is 0 Å². The highest BCUT2D eigenvalue weighted by Crippen LogP contribution is 2.44. The molecule has 8 nitrogen and oxygen atoms in total. The second-order valence-corrected chi connectivity index (χ2v) is 14.4. The fourth-order valence-corrected chi connectivity index (χ4v) is 7.62. The topological polar surface area (TPSA) is 116 Å². The summed E-state index contributed by atoms with van der Waals surface area (Å²) in [5.74, 6) is 0.105. The highest BCUT2D eigenvalue weighted by atomic mass is 35.5. The minimum absolute atomic E-state index is 0.0423. The summed E-state index contributed by atoms with van der Waals surface area (Å²) in [4.78, 5) is 29.7. The smallest absolute Gasteiger partial charge is 0.264 e. The number of primary amides is 1. The van der Waals surface area contributed by atoms with Crippen LogP contribution in [0, 0.1) is 0 Å². The second-order valence-electron chi connectivity index (χ2n) is 10.8. The summed E-state index contributed by atoms with van der Waals surface area (Å²) in [6.07, 6.45) is 2.29. The first-order chi connectivity index (χ1) is 21.5. The number of benzene rings is 3. The van der Waals surface area contributed by atoms with Gasteiger partial charge in [0.05, 0.1) is 34.8 Å². The quantitative estimate of drug-likeness (QED) is 0.137. The lowest BCUT2D eigenvalue weighted by atomic mass is 9.72. The molecule has 5 rings (SSSR count). The maximum atomic E-state index is 13.9.